The average molecular weight is 444 g/mol. The van der Waals surface area contributed by atoms with Crippen LogP contribution in [0, 0.1) is 22.2 Å². The second-order valence-electron chi connectivity index (χ2n) is 10.6. The van der Waals surface area contributed by atoms with Gasteiger partial charge in [-0.15, -0.1) is 0 Å². The number of aliphatic carboxylic acids is 1. The molecule has 5 nitrogen and oxygen atoms in total. The molecule has 0 unspecified atom stereocenters. The molecular formula is C28H33N3O2. The third kappa shape index (κ3) is 4.98. The SMILES string of the molecule is N#Cc1ccc(CC2(CN[C@@H]3C[C@H]3c3ccccc3)CCN(CC3(C(=O)O)CC3)CC2)cc1. The molecular weight excluding hydrogens is 410 g/mol. The number of piperidine rings is 1. The van der Waals surface area contributed by atoms with E-state index in [1.54, 1.807) is 0 Å². The van der Waals surface area contributed by atoms with Crippen LogP contribution in [0.5, 0.6) is 0 Å². The van der Waals surface area contributed by atoms with Crippen LogP contribution in [0.2, 0.25) is 0 Å². The molecule has 3 fully saturated rings. The Morgan fingerprint density at radius 1 is 1.06 bits per heavy atom. The summed E-state index contributed by atoms with van der Waals surface area (Å²) in [5.41, 5.74) is 3.09. The molecule has 33 heavy (non-hydrogen) atoms. The average Bonchev–Trinajstić information content (AvgIpc) is 3.77. The Morgan fingerprint density at radius 3 is 2.36 bits per heavy atom. The van der Waals surface area contributed by atoms with E-state index in [2.05, 4.69) is 58.8 Å². The lowest BCUT2D eigenvalue weighted by atomic mass is 9.73. The molecule has 172 valence electrons. The zero-order valence-electron chi connectivity index (χ0n) is 19.2. The van der Waals surface area contributed by atoms with Gasteiger partial charge in [-0.1, -0.05) is 42.5 Å². The van der Waals surface area contributed by atoms with Gasteiger partial charge in [0.2, 0.25) is 0 Å². The number of nitriles is 1. The third-order valence-corrected chi connectivity index (χ3v) is 8.17. The van der Waals surface area contributed by atoms with Crippen molar-refractivity contribution in [1.82, 2.24) is 10.2 Å². The van der Waals surface area contributed by atoms with Gasteiger partial charge in [0.1, 0.15) is 0 Å². The van der Waals surface area contributed by atoms with Gasteiger partial charge >= 0.3 is 5.97 Å². The van der Waals surface area contributed by atoms with Gasteiger partial charge in [0.25, 0.3) is 0 Å². The van der Waals surface area contributed by atoms with Crippen LogP contribution < -0.4 is 5.32 Å². The van der Waals surface area contributed by atoms with Gasteiger partial charge in [-0.2, -0.15) is 5.26 Å². The Hall–Kier alpha value is -2.68. The first-order chi connectivity index (χ1) is 16.0. The van der Waals surface area contributed by atoms with Crippen molar-refractivity contribution in [3.63, 3.8) is 0 Å². The first-order valence-electron chi connectivity index (χ1n) is 12.2. The maximum Gasteiger partial charge on any atom is 0.310 e. The highest BCUT2D eigenvalue weighted by Crippen LogP contribution is 2.48. The van der Waals surface area contributed by atoms with Crippen LogP contribution in [0.1, 0.15) is 54.7 Å². The summed E-state index contributed by atoms with van der Waals surface area (Å²) in [7, 11) is 0. The van der Waals surface area contributed by atoms with Crippen LogP contribution in [-0.2, 0) is 11.2 Å². The fraction of sp³-hybridized carbons (Fsp3) is 0.500. The van der Waals surface area contributed by atoms with Gasteiger partial charge in [-0.25, -0.2) is 0 Å². The lowest BCUT2D eigenvalue weighted by molar-refractivity contribution is -0.144. The van der Waals surface area contributed by atoms with Gasteiger partial charge in [0, 0.05) is 25.0 Å². The summed E-state index contributed by atoms with van der Waals surface area (Å²) in [5.74, 6) is -0.0113. The zero-order valence-corrected chi connectivity index (χ0v) is 19.2. The van der Waals surface area contributed by atoms with Crippen molar-refractivity contribution >= 4 is 5.97 Å². The molecule has 0 aromatic heterocycles. The topological polar surface area (TPSA) is 76.4 Å². The number of benzene rings is 2. The lowest BCUT2D eigenvalue weighted by Crippen LogP contribution is -2.48. The van der Waals surface area contributed by atoms with E-state index in [1.165, 1.54) is 17.5 Å². The smallest absolute Gasteiger partial charge is 0.310 e. The summed E-state index contributed by atoms with van der Waals surface area (Å²) in [6.07, 6.45) is 5.96. The van der Waals surface area contributed by atoms with Crippen molar-refractivity contribution in [2.75, 3.05) is 26.2 Å². The van der Waals surface area contributed by atoms with Crippen molar-refractivity contribution < 1.29 is 9.90 Å². The molecule has 2 aromatic carbocycles. The molecule has 0 radical (unpaired) electrons. The van der Waals surface area contributed by atoms with Crippen molar-refractivity contribution in [2.45, 2.75) is 50.5 Å². The maximum absolute atomic E-state index is 11.7. The summed E-state index contributed by atoms with van der Waals surface area (Å²) >= 11 is 0. The fourth-order valence-electron chi connectivity index (χ4n) is 5.59. The number of carbonyl (C=O) groups is 1. The fourth-order valence-corrected chi connectivity index (χ4v) is 5.59. The molecule has 1 saturated heterocycles. The number of carboxylic acid groups (broad SMARTS) is 1. The quantitative estimate of drug-likeness (QED) is 0.608. The molecule has 2 aliphatic carbocycles. The second-order valence-corrected chi connectivity index (χ2v) is 10.6. The van der Waals surface area contributed by atoms with Gasteiger partial charge in [0.05, 0.1) is 17.0 Å². The molecule has 0 amide bonds. The number of rotatable bonds is 9. The third-order valence-electron chi connectivity index (χ3n) is 8.17. The van der Waals surface area contributed by atoms with Gasteiger partial charge in [-0.3, -0.25) is 4.79 Å². The molecule has 2 aromatic rings. The Labute approximate surface area is 196 Å². The minimum Gasteiger partial charge on any atom is -0.481 e. The van der Waals surface area contributed by atoms with Gasteiger partial charge in [0.15, 0.2) is 0 Å². The number of nitrogens with zero attached hydrogens (tertiary/aromatic N) is 2. The van der Waals surface area contributed by atoms with E-state index in [4.69, 9.17) is 5.26 Å². The molecule has 2 N–H and O–H groups in total. The van der Waals surface area contributed by atoms with E-state index >= 15 is 0 Å². The van der Waals surface area contributed by atoms with E-state index in [-0.39, 0.29) is 5.41 Å². The van der Waals surface area contributed by atoms with Crippen molar-refractivity contribution in [2.24, 2.45) is 10.8 Å². The van der Waals surface area contributed by atoms with Crippen LogP contribution in [0.25, 0.3) is 0 Å². The number of hydrogen-bond donors (Lipinski definition) is 2. The Balaban J connectivity index is 1.24. The second kappa shape index (κ2) is 8.93. The van der Waals surface area contributed by atoms with Crippen LogP contribution >= 0.6 is 0 Å². The molecule has 3 aliphatic rings. The summed E-state index contributed by atoms with van der Waals surface area (Å²) in [6.45, 7) is 3.60. The zero-order chi connectivity index (χ0) is 22.9. The van der Waals surface area contributed by atoms with Crippen LogP contribution in [0.3, 0.4) is 0 Å². The van der Waals surface area contributed by atoms with Crippen LogP contribution in [-0.4, -0.2) is 48.2 Å². The lowest BCUT2D eigenvalue weighted by Gasteiger charge is -2.43. The Kier molecular flexibility index (Phi) is 5.99. The number of likely N-dealkylation sites (tertiary alicyclic amines) is 1. The molecule has 0 bridgehead atoms. The number of hydrogen-bond acceptors (Lipinski definition) is 4. The molecule has 2 atom stereocenters. The highest BCUT2D eigenvalue weighted by atomic mass is 16.4. The Bertz CT molecular complexity index is 1020. The first kappa shape index (κ1) is 22.1. The molecule has 2 saturated carbocycles. The molecule has 1 aliphatic heterocycles. The van der Waals surface area contributed by atoms with Crippen LogP contribution in [0.15, 0.2) is 54.6 Å². The monoisotopic (exact) mass is 443 g/mol. The van der Waals surface area contributed by atoms with E-state index in [1.807, 2.05) is 12.1 Å². The number of nitrogens with one attached hydrogen (secondary N) is 1. The van der Waals surface area contributed by atoms with Crippen LogP contribution in [0.4, 0.5) is 0 Å². The minimum absolute atomic E-state index is 0.161. The maximum atomic E-state index is 11.7. The van der Waals surface area contributed by atoms with E-state index < -0.39 is 11.4 Å². The minimum atomic E-state index is -0.626. The predicted molar refractivity (Wildman–Crippen MR) is 128 cm³/mol. The van der Waals surface area contributed by atoms with E-state index in [0.29, 0.717) is 24.1 Å². The van der Waals surface area contributed by atoms with Crippen molar-refractivity contribution in [1.29, 1.82) is 5.26 Å². The summed E-state index contributed by atoms with van der Waals surface area (Å²) in [6, 6.07) is 21.6. The molecule has 5 rings (SSSR count). The summed E-state index contributed by atoms with van der Waals surface area (Å²) < 4.78 is 0. The highest BCUT2D eigenvalue weighted by Gasteiger charge is 2.52. The normalized spacial score (nSPS) is 25.2. The molecule has 5 heteroatoms. The number of carboxylic acids is 1. The Morgan fingerprint density at radius 2 is 1.76 bits per heavy atom. The van der Waals surface area contributed by atoms with Crippen molar-refractivity contribution in [3.05, 3.63) is 71.3 Å². The summed E-state index contributed by atoms with van der Waals surface area (Å²) in [4.78, 5) is 14.0. The molecule has 1 heterocycles. The highest BCUT2D eigenvalue weighted by molar-refractivity contribution is 5.78. The standard InChI is InChI=1S/C28H33N3O2/c29-18-22-8-6-21(7-9-22)17-27(19-30-25-16-24(25)23-4-2-1-3-5-23)12-14-31(15-13-27)20-28(10-11-28)26(32)33/h1-9,24-25,30H,10-17,19-20H2,(H,32,33)/t24-,25+/m0/s1. The first-order valence-corrected chi connectivity index (χ1v) is 12.2. The van der Waals surface area contributed by atoms with E-state index in [0.717, 1.165) is 51.7 Å². The van der Waals surface area contributed by atoms with Gasteiger partial charge in [-0.05, 0) is 80.3 Å². The van der Waals surface area contributed by atoms with Gasteiger partial charge < -0.3 is 15.3 Å². The largest absolute Gasteiger partial charge is 0.481 e. The van der Waals surface area contributed by atoms with Crippen molar-refractivity contribution in [3.8, 4) is 6.07 Å². The predicted octanol–water partition coefficient (Wildman–Crippen LogP) is 4.19. The summed E-state index contributed by atoms with van der Waals surface area (Å²) in [5, 5.41) is 22.6. The van der Waals surface area contributed by atoms with E-state index in [9.17, 15) is 9.90 Å². The molecule has 0 spiro atoms.